The van der Waals surface area contributed by atoms with Crippen molar-refractivity contribution in [3.63, 3.8) is 0 Å². The Kier molecular flexibility index (Phi) is 4.82. The van der Waals surface area contributed by atoms with Crippen LogP contribution in [0.5, 0.6) is 0 Å². The summed E-state index contributed by atoms with van der Waals surface area (Å²) in [6.07, 6.45) is 9.73. The van der Waals surface area contributed by atoms with Crippen LogP contribution >= 0.6 is 0 Å². The van der Waals surface area contributed by atoms with E-state index in [0.717, 1.165) is 61.2 Å². The number of primary sulfonamides is 1. The lowest BCUT2D eigenvalue weighted by molar-refractivity contribution is 0.269. The topological polar surface area (TPSA) is 131 Å². The highest BCUT2D eigenvalue weighted by Gasteiger charge is 2.48. The van der Waals surface area contributed by atoms with Gasteiger partial charge < -0.3 is 5.32 Å². The molecule has 0 unspecified atom stereocenters. The molecule has 3 aliphatic rings. The van der Waals surface area contributed by atoms with E-state index in [1.807, 2.05) is 13.2 Å². The second-order valence-electron chi connectivity index (χ2n) is 9.38. The quantitative estimate of drug-likeness (QED) is 0.523. The molecular weight excluding hydrogens is 452 g/mol. The van der Waals surface area contributed by atoms with Crippen molar-refractivity contribution in [2.24, 2.45) is 10.1 Å². The van der Waals surface area contributed by atoms with E-state index in [9.17, 15) is 8.42 Å². The molecule has 6 rings (SSSR count). The van der Waals surface area contributed by atoms with Crippen LogP contribution in [0.15, 0.2) is 46.4 Å². The number of hydrazine groups is 1. The Bertz CT molecular complexity index is 1390. The van der Waals surface area contributed by atoms with Crippen LogP contribution in [0.1, 0.15) is 44.9 Å². The van der Waals surface area contributed by atoms with Crippen LogP contribution in [-0.4, -0.2) is 41.9 Å². The van der Waals surface area contributed by atoms with Gasteiger partial charge in [0.1, 0.15) is 22.8 Å². The molecule has 2 aromatic heterocycles. The number of aliphatic imine (C=N–C) groups is 1. The zero-order valence-corrected chi connectivity index (χ0v) is 19.8. The van der Waals surface area contributed by atoms with E-state index < -0.39 is 10.0 Å². The molecule has 0 radical (unpaired) electrons. The summed E-state index contributed by atoms with van der Waals surface area (Å²) in [5, 5.41) is 11.7. The molecule has 1 spiro atoms. The summed E-state index contributed by atoms with van der Waals surface area (Å²) >= 11 is 0. The summed E-state index contributed by atoms with van der Waals surface area (Å²) in [4.78, 5) is 14.2. The minimum atomic E-state index is -3.74. The van der Waals surface area contributed by atoms with E-state index in [-0.39, 0.29) is 10.4 Å². The van der Waals surface area contributed by atoms with Crippen LogP contribution in [0.4, 0.5) is 17.5 Å². The summed E-state index contributed by atoms with van der Waals surface area (Å²) in [6.45, 7) is 0. The molecule has 3 aromatic rings. The first kappa shape index (κ1) is 21.4. The lowest BCUT2D eigenvalue weighted by atomic mass is 9.79. The maximum Gasteiger partial charge on any atom is 0.238 e. The molecule has 2 saturated carbocycles. The van der Waals surface area contributed by atoms with Crippen LogP contribution in [0.3, 0.4) is 0 Å². The van der Waals surface area contributed by atoms with Crippen molar-refractivity contribution in [1.82, 2.24) is 20.0 Å². The second kappa shape index (κ2) is 7.67. The Hall–Kier alpha value is -3.18. The van der Waals surface area contributed by atoms with Crippen molar-refractivity contribution in [1.29, 1.82) is 0 Å². The first-order valence-corrected chi connectivity index (χ1v) is 13.3. The number of sulfonamides is 1. The van der Waals surface area contributed by atoms with Crippen molar-refractivity contribution >= 4 is 44.3 Å². The number of rotatable bonds is 4. The minimum absolute atomic E-state index is 0.0633. The molecule has 3 heterocycles. The molecule has 11 heteroatoms. The van der Waals surface area contributed by atoms with Gasteiger partial charge in [-0.05, 0) is 56.0 Å². The molecule has 178 valence electrons. The normalized spacial score (nSPS) is 21.0. The van der Waals surface area contributed by atoms with Crippen LogP contribution in [0, 0.1) is 0 Å². The highest BCUT2D eigenvalue weighted by molar-refractivity contribution is 7.89. The maximum atomic E-state index is 11.5. The number of nitrogens with two attached hydrogens (primary N) is 1. The SMILES string of the molecule is CN=C1NN(C2CC2)c2cc3cnc(Nc4ccc(S(N)(=O)=O)cc4)nc3n2C12CCCCC2. The monoisotopic (exact) mass is 480 g/mol. The zero-order valence-electron chi connectivity index (χ0n) is 19.0. The molecule has 0 amide bonds. The van der Waals surface area contributed by atoms with Crippen LogP contribution in [0.2, 0.25) is 0 Å². The summed E-state index contributed by atoms with van der Waals surface area (Å²) in [5.41, 5.74) is 4.98. The average Bonchev–Trinajstić information content (AvgIpc) is 3.59. The largest absolute Gasteiger partial charge is 0.324 e. The first-order chi connectivity index (χ1) is 16.4. The van der Waals surface area contributed by atoms with Crippen LogP contribution in [-0.2, 0) is 15.6 Å². The van der Waals surface area contributed by atoms with Crippen molar-refractivity contribution < 1.29 is 8.42 Å². The van der Waals surface area contributed by atoms with Gasteiger partial charge in [0.05, 0.1) is 10.9 Å². The van der Waals surface area contributed by atoms with E-state index >= 15 is 0 Å². The number of aromatic nitrogens is 3. The Labute approximate surface area is 198 Å². The van der Waals surface area contributed by atoms with E-state index in [1.54, 1.807) is 12.1 Å². The number of fused-ring (bicyclic) bond motifs is 4. The Morgan fingerprint density at radius 3 is 2.56 bits per heavy atom. The average molecular weight is 481 g/mol. The first-order valence-electron chi connectivity index (χ1n) is 11.7. The van der Waals surface area contributed by atoms with Crippen LogP contribution in [0.25, 0.3) is 11.0 Å². The Balaban J connectivity index is 1.45. The second-order valence-corrected chi connectivity index (χ2v) is 10.9. The van der Waals surface area contributed by atoms with Crippen LogP contribution < -0.4 is 20.9 Å². The van der Waals surface area contributed by atoms with E-state index in [2.05, 4.69) is 31.4 Å². The predicted octanol–water partition coefficient (Wildman–Crippen LogP) is 3.00. The lowest BCUT2D eigenvalue weighted by Crippen LogP contribution is -2.61. The number of hydrogen-bond acceptors (Lipinski definition) is 7. The summed E-state index contributed by atoms with van der Waals surface area (Å²) < 4.78 is 25.5. The number of hydrogen-bond donors (Lipinski definition) is 3. The van der Waals surface area contributed by atoms with Crippen molar-refractivity contribution in [3.8, 4) is 0 Å². The predicted molar refractivity (Wildman–Crippen MR) is 132 cm³/mol. The fraction of sp³-hybridized carbons (Fsp3) is 0.435. The molecule has 34 heavy (non-hydrogen) atoms. The van der Waals surface area contributed by atoms with Gasteiger partial charge in [-0.3, -0.25) is 20.0 Å². The standard InChI is InChI=1S/C23H28N8O2S/c1-25-21-23(11-3-2-4-12-23)30-19(31(29-21)17-7-8-17)13-15-14-26-22(28-20(15)30)27-16-5-9-18(10-6-16)34(24,32)33/h5-6,9-10,13-14,17H,2-4,7-8,11-12H2,1H3,(H,25,29)(H2,24,32,33)(H,26,27,28). The maximum absolute atomic E-state index is 11.5. The van der Waals surface area contributed by atoms with Gasteiger partial charge in [0.15, 0.2) is 0 Å². The summed E-state index contributed by atoms with van der Waals surface area (Å²) in [5.74, 6) is 2.58. The van der Waals surface area contributed by atoms with E-state index in [0.29, 0.717) is 17.7 Å². The molecule has 4 N–H and O–H groups in total. The molecule has 0 saturated heterocycles. The molecular formula is C23H28N8O2S. The van der Waals surface area contributed by atoms with Crippen molar-refractivity contribution in [3.05, 3.63) is 36.5 Å². The molecule has 0 atom stereocenters. The smallest absolute Gasteiger partial charge is 0.238 e. The summed E-state index contributed by atoms with van der Waals surface area (Å²) in [6, 6.07) is 8.89. The van der Waals surface area contributed by atoms with Gasteiger partial charge in [-0.1, -0.05) is 19.3 Å². The minimum Gasteiger partial charge on any atom is -0.324 e. The number of amidine groups is 1. The molecule has 1 aliphatic heterocycles. The zero-order chi connectivity index (χ0) is 23.5. The van der Waals surface area contributed by atoms with Crippen molar-refractivity contribution in [2.45, 2.75) is 61.4 Å². The van der Waals surface area contributed by atoms with E-state index in [4.69, 9.17) is 15.1 Å². The highest BCUT2D eigenvalue weighted by Crippen LogP contribution is 2.46. The van der Waals surface area contributed by atoms with Gasteiger partial charge in [0, 0.05) is 24.3 Å². The van der Waals surface area contributed by atoms with Gasteiger partial charge in [0.2, 0.25) is 16.0 Å². The Morgan fingerprint density at radius 1 is 1.18 bits per heavy atom. The molecule has 10 nitrogen and oxygen atoms in total. The fourth-order valence-corrected chi connectivity index (χ4v) is 5.85. The fourth-order valence-electron chi connectivity index (χ4n) is 5.34. The van der Waals surface area contributed by atoms with Gasteiger partial charge in [0.25, 0.3) is 0 Å². The number of nitrogens with zero attached hydrogens (tertiary/aromatic N) is 5. The van der Waals surface area contributed by atoms with Crippen molar-refractivity contribution in [2.75, 3.05) is 17.4 Å². The number of benzene rings is 1. The third-order valence-electron chi connectivity index (χ3n) is 7.12. The van der Waals surface area contributed by atoms with E-state index in [1.165, 1.54) is 18.6 Å². The van der Waals surface area contributed by atoms with Gasteiger partial charge in [-0.25, -0.2) is 18.5 Å². The number of nitrogens with one attached hydrogen (secondary N) is 2. The lowest BCUT2D eigenvalue weighted by Gasteiger charge is -2.48. The van der Waals surface area contributed by atoms with Gasteiger partial charge >= 0.3 is 0 Å². The number of anilines is 3. The molecule has 2 aliphatic carbocycles. The third kappa shape index (κ3) is 3.41. The highest BCUT2D eigenvalue weighted by atomic mass is 32.2. The third-order valence-corrected chi connectivity index (χ3v) is 8.05. The molecule has 2 fully saturated rings. The summed E-state index contributed by atoms with van der Waals surface area (Å²) in [7, 11) is -1.87. The van der Waals surface area contributed by atoms with Gasteiger partial charge in [-0.15, -0.1) is 0 Å². The molecule has 1 aromatic carbocycles. The molecule has 0 bridgehead atoms. The Morgan fingerprint density at radius 2 is 1.91 bits per heavy atom. The van der Waals surface area contributed by atoms with Gasteiger partial charge in [-0.2, -0.15) is 4.98 Å².